The fourth-order valence-electron chi connectivity index (χ4n) is 1.52. The van der Waals surface area contributed by atoms with Crippen molar-refractivity contribution in [1.29, 1.82) is 0 Å². The first kappa shape index (κ1) is 15.6. The van der Waals surface area contributed by atoms with Crippen LogP contribution in [0.5, 0.6) is 0 Å². The number of thioether (sulfide) groups is 1. The third-order valence-corrected chi connectivity index (χ3v) is 4.02. The summed E-state index contributed by atoms with van der Waals surface area (Å²) in [5.74, 6) is 1.07. The number of carbonyl (C=O) groups is 1. The van der Waals surface area contributed by atoms with Crippen molar-refractivity contribution < 1.29 is 27.4 Å². The Hall–Kier alpha value is -0.430. The summed E-state index contributed by atoms with van der Waals surface area (Å²) in [6.45, 7) is -1.11. The van der Waals surface area contributed by atoms with Crippen LogP contribution in [0.15, 0.2) is 0 Å². The van der Waals surface area contributed by atoms with E-state index >= 15 is 0 Å². The predicted molar refractivity (Wildman–Crippen MR) is 62.5 cm³/mol. The first-order chi connectivity index (χ1) is 8.37. The fourth-order valence-corrected chi connectivity index (χ4v) is 2.73. The minimum absolute atomic E-state index is 0.0157. The van der Waals surface area contributed by atoms with Crippen molar-refractivity contribution in [2.24, 2.45) is 5.41 Å². The lowest BCUT2D eigenvalue weighted by atomic mass is 10.1. The normalized spacial score (nSPS) is 17.6. The molecular formula is C11H17F3O3S. The molecule has 1 aliphatic carbocycles. The SMILES string of the molecule is COC(=O)CC1(CSCCOCC(F)(F)F)CC1. The number of hydrogen-bond acceptors (Lipinski definition) is 4. The number of carbonyl (C=O) groups excluding carboxylic acids is 1. The number of esters is 1. The van der Waals surface area contributed by atoms with Gasteiger partial charge < -0.3 is 9.47 Å². The van der Waals surface area contributed by atoms with Gasteiger partial charge in [0, 0.05) is 5.75 Å². The summed E-state index contributed by atoms with van der Waals surface area (Å²) in [6.07, 6.45) is -1.88. The van der Waals surface area contributed by atoms with Crippen LogP contribution in [0.1, 0.15) is 19.3 Å². The van der Waals surface area contributed by atoms with Gasteiger partial charge in [-0.1, -0.05) is 0 Å². The Kier molecular flexibility index (Phi) is 5.78. The van der Waals surface area contributed by atoms with Gasteiger partial charge in [-0.3, -0.25) is 4.79 Å². The molecule has 0 unspecified atom stereocenters. The summed E-state index contributed by atoms with van der Waals surface area (Å²) in [7, 11) is 1.36. The van der Waals surface area contributed by atoms with Crippen molar-refractivity contribution in [2.75, 3.05) is 31.8 Å². The number of alkyl halides is 3. The van der Waals surface area contributed by atoms with Gasteiger partial charge in [-0.05, 0) is 24.0 Å². The van der Waals surface area contributed by atoms with Gasteiger partial charge in [0.1, 0.15) is 6.61 Å². The van der Waals surface area contributed by atoms with Crippen LogP contribution < -0.4 is 0 Å². The van der Waals surface area contributed by atoms with Gasteiger partial charge in [0.15, 0.2) is 0 Å². The molecule has 0 N–H and O–H groups in total. The van der Waals surface area contributed by atoms with Gasteiger partial charge in [-0.2, -0.15) is 24.9 Å². The molecule has 0 amide bonds. The fraction of sp³-hybridized carbons (Fsp3) is 0.909. The Morgan fingerprint density at radius 1 is 1.39 bits per heavy atom. The molecule has 0 aliphatic heterocycles. The predicted octanol–water partition coefficient (Wildman–Crippen LogP) is 2.64. The van der Waals surface area contributed by atoms with E-state index in [-0.39, 0.29) is 18.0 Å². The maximum Gasteiger partial charge on any atom is 0.411 e. The summed E-state index contributed by atoms with van der Waals surface area (Å²) in [5.41, 5.74) is 0.0157. The molecule has 7 heteroatoms. The number of ether oxygens (including phenoxy) is 2. The highest BCUT2D eigenvalue weighted by Gasteiger charge is 2.44. The molecule has 0 radical (unpaired) electrons. The lowest BCUT2D eigenvalue weighted by Crippen LogP contribution is -2.18. The third kappa shape index (κ3) is 6.49. The van der Waals surface area contributed by atoms with Crippen molar-refractivity contribution in [3.8, 4) is 0 Å². The number of rotatable bonds is 8. The smallest absolute Gasteiger partial charge is 0.411 e. The monoisotopic (exact) mass is 286 g/mol. The number of halogens is 3. The molecule has 0 saturated heterocycles. The maximum atomic E-state index is 11.8. The molecule has 0 aromatic heterocycles. The Balaban J connectivity index is 2.03. The molecule has 1 fully saturated rings. The zero-order valence-corrected chi connectivity index (χ0v) is 11.0. The second-order valence-corrected chi connectivity index (χ2v) is 5.58. The Morgan fingerprint density at radius 2 is 2.06 bits per heavy atom. The van der Waals surface area contributed by atoms with Crippen LogP contribution in [0.3, 0.4) is 0 Å². The molecule has 1 rings (SSSR count). The summed E-state index contributed by atoms with van der Waals surface area (Å²) in [5, 5.41) is 0. The summed E-state index contributed by atoms with van der Waals surface area (Å²) in [4.78, 5) is 11.1. The number of methoxy groups -OCH3 is 1. The topological polar surface area (TPSA) is 35.5 Å². The second-order valence-electron chi connectivity index (χ2n) is 4.47. The van der Waals surface area contributed by atoms with E-state index in [1.807, 2.05) is 0 Å². The average molecular weight is 286 g/mol. The standard InChI is InChI=1S/C11H17F3O3S/c1-16-9(15)6-10(2-3-10)8-18-5-4-17-7-11(12,13)14/h2-8H2,1H3. The molecule has 0 bridgehead atoms. The molecule has 1 aliphatic rings. The third-order valence-electron chi connectivity index (χ3n) is 2.75. The lowest BCUT2D eigenvalue weighted by molar-refractivity contribution is -0.172. The summed E-state index contributed by atoms with van der Waals surface area (Å²) >= 11 is 1.53. The first-order valence-electron chi connectivity index (χ1n) is 5.66. The van der Waals surface area contributed by atoms with Crippen molar-refractivity contribution >= 4 is 17.7 Å². The highest BCUT2D eigenvalue weighted by Crippen LogP contribution is 2.51. The van der Waals surface area contributed by atoms with Crippen LogP contribution in [-0.4, -0.2) is 44.0 Å². The highest BCUT2D eigenvalue weighted by molar-refractivity contribution is 7.99. The molecule has 0 aromatic rings. The minimum atomic E-state index is -4.26. The second kappa shape index (κ2) is 6.65. The van der Waals surface area contributed by atoms with Gasteiger partial charge in [0.05, 0.1) is 20.1 Å². The molecule has 1 saturated carbocycles. The molecule has 18 heavy (non-hydrogen) atoms. The molecule has 0 spiro atoms. The summed E-state index contributed by atoms with van der Waals surface area (Å²) in [6, 6.07) is 0. The van der Waals surface area contributed by atoms with E-state index in [4.69, 9.17) is 0 Å². The van der Waals surface area contributed by atoms with Gasteiger partial charge in [0.2, 0.25) is 0 Å². The molecule has 106 valence electrons. The van der Waals surface area contributed by atoms with E-state index in [0.29, 0.717) is 12.2 Å². The maximum absolute atomic E-state index is 11.8. The van der Waals surface area contributed by atoms with Gasteiger partial charge >= 0.3 is 12.1 Å². The van der Waals surface area contributed by atoms with Crippen molar-refractivity contribution in [3.05, 3.63) is 0 Å². The van der Waals surface area contributed by atoms with Crippen LogP contribution in [0, 0.1) is 5.41 Å². The lowest BCUT2D eigenvalue weighted by Gasteiger charge is -2.13. The Labute approximate surface area is 108 Å². The van der Waals surface area contributed by atoms with E-state index in [0.717, 1.165) is 18.6 Å². The van der Waals surface area contributed by atoms with E-state index in [9.17, 15) is 18.0 Å². The highest BCUT2D eigenvalue weighted by atomic mass is 32.2. The zero-order valence-electron chi connectivity index (χ0n) is 10.2. The van der Waals surface area contributed by atoms with Crippen LogP contribution in [0.2, 0.25) is 0 Å². The largest absolute Gasteiger partial charge is 0.469 e. The van der Waals surface area contributed by atoms with Crippen LogP contribution >= 0.6 is 11.8 Å². The van der Waals surface area contributed by atoms with E-state index in [1.54, 1.807) is 0 Å². The quantitative estimate of drug-likeness (QED) is 0.507. The van der Waals surface area contributed by atoms with Crippen molar-refractivity contribution in [2.45, 2.75) is 25.4 Å². The van der Waals surface area contributed by atoms with Crippen molar-refractivity contribution in [3.63, 3.8) is 0 Å². The van der Waals surface area contributed by atoms with Crippen LogP contribution in [0.25, 0.3) is 0 Å². The molecule has 0 atom stereocenters. The molecule has 0 aromatic carbocycles. The summed E-state index contributed by atoms with van der Waals surface area (Å²) < 4.78 is 44.4. The Morgan fingerprint density at radius 3 is 2.56 bits per heavy atom. The number of hydrogen-bond donors (Lipinski definition) is 0. The van der Waals surface area contributed by atoms with Gasteiger partial charge in [0.25, 0.3) is 0 Å². The average Bonchev–Trinajstić information content (AvgIpc) is 3.02. The minimum Gasteiger partial charge on any atom is -0.469 e. The van der Waals surface area contributed by atoms with Gasteiger partial charge in [-0.15, -0.1) is 0 Å². The zero-order chi connectivity index (χ0) is 13.6. The van der Waals surface area contributed by atoms with E-state index in [2.05, 4.69) is 9.47 Å². The van der Waals surface area contributed by atoms with E-state index in [1.165, 1.54) is 18.9 Å². The Bertz CT molecular complexity index is 277. The molecule has 0 heterocycles. The van der Waals surface area contributed by atoms with Crippen LogP contribution in [-0.2, 0) is 14.3 Å². The van der Waals surface area contributed by atoms with Gasteiger partial charge in [-0.25, -0.2) is 0 Å². The first-order valence-corrected chi connectivity index (χ1v) is 6.81. The van der Waals surface area contributed by atoms with Crippen molar-refractivity contribution in [1.82, 2.24) is 0 Å². The molecular weight excluding hydrogens is 269 g/mol. The van der Waals surface area contributed by atoms with E-state index < -0.39 is 12.8 Å². The van der Waals surface area contributed by atoms with Crippen LogP contribution in [0.4, 0.5) is 13.2 Å². The molecule has 3 nitrogen and oxygen atoms in total.